The van der Waals surface area contributed by atoms with Gasteiger partial charge in [-0.1, -0.05) is 60.1 Å². The zero-order valence-electron chi connectivity index (χ0n) is 19.4. The minimum absolute atomic E-state index is 0.104. The van der Waals surface area contributed by atoms with E-state index in [4.69, 9.17) is 32.9 Å². The topological polar surface area (TPSA) is 150 Å². The number of hydrogen-bond donors (Lipinski definition) is 3. The van der Waals surface area contributed by atoms with E-state index in [2.05, 4.69) is 20.2 Å². The Hall–Kier alpha value is -4.29. The first-order valence-electron chi connectivity index (χ1n) is 11.0. The number of carboxylic acid groups (broad SMARTS) is 1. The predicted molar refractivity (Wildman–Crippen MR) is 133 cm³/mol. The molecule has 5 N–H and O–H groups in total. The van der Waals surface area contributed by atoms with Gasteiger partial charge in [0.1, 0.15) is 6.04 Å². The number of nitrogen functional groups attached to an aromatic ring is 1. The molecule has 2 atom stereocenters. The summed E-state index contributed by atoms with van der Waals surface area (Å²) in [5.74, 6) is -1.79. The summed E-state index contributed by atoms with van der Waals surface area (Å²) >= 11 is 5.73. The van der Waals surface area contributed by atoms with Crippen LogP contribution in [-0.2, 0) is 11.2 Å². The van der Waals surface area contributed by atoms with Crippen molar-refractivity contribution in [3.8, 4) is 28.4 Å². The summed E-state index contributed by atoms with van der Waals surface area (Å²) in [6.07, 6.45) is -7.01. The molecule has 13 heteroatoms. The van der Waals surface area contributed by atoms with Crippen molar-refractivity contribution in [1.82, 2.24) is 20.2 Å². The minimum Gasteiger partial charge on any atom is -0.480 e. The van der Waals surface area contributed by atoms with E-state index in [1.807, 2.05) is 0 Å². The fraction of sp³-hybridized carbons (Fsp3) is 0.160. The molecule has 0 aliphatic carbocycles. The quantitative estimate of drug-likeness (QED) is 0.292. The lowest BCUT2D eigenvalue weighted by Crippen LogP contribution is -2.32. The number of hydrogen-bond acceptors (Lipinski definition) is 8. The monoisotopic (exact) mass is 544 g/mol. The highest BCUT2D eigenvalue weighted by molar-refractivity contribution is 6.29. The number of nitrogens with zero attached hydrogens (tertiary/aromatic N) is 4. The maximum atomic E-state index is 14.0. The summed E-state index contributed by atoms with van der Waals surface area (Å²) < 4.78 is 47.3. The molecule has 0 amide bonds. The number of aliphatic carboxylic acids is 1. The van der Waals surface area contributed by atoms with Gasteiger partial charge in [0.25, 0.3) is 0 Å². The predicted octanol–water partition coefficient (Wildman–Crippen LogP) is 4.47. The lowest BCUT2D eigenvalue weighted by atomic mass is 10.0. The summed E-state index contributed by atoms with van der Waals surface area (Å²) in [6.45, 7) is 0. The maximum absolute atomic E-state index is 14.0. The molecular weight excluding hydrogens is 525 g/mol. The molecule has 196 valence electrons. The first-order chi connectivity index (χ1) is 18.0. The number of carboxylic acids is 1. The van der Waals surface area contributed by atoms with Gasteiger partial charge in [-0.2, -0.15) is 18.2 Å². The van der Waals surface area contributed by atoms with Gasteiger partial charge in [-0.3, -0.25) is 4.79 Å². The number of rotatable bonds is 8. The van der Waals surface area contributed by atoms with E-state index in [1.165, 1.54) is 36.4 Å². The third-order valence-electron chi connectivity index (χ3n) is 5.42. The number of aromatic nitrogens is 4. The first-order valence-corrected chi connectivity index (χ1v) is 11.4. The smallest absolute Gasteiger partial charge is 0.429 e. The van der Waals surface area contributed by atoms with Crippen molar-refractivity contribution >= 4 is 23.5 Å². The van der Waals surface area contributed by atoms with Crippen LogP contribution in [0.1, 0.15) is 17.2 Å². The number of ether oxygens (including phenoxy) is 1. The third kappa shape index (κ3) is 6.52. The Morgan fingerprint density at radius 1 is 0.947 bits per heavy atom. The van der Waals surface area contributed by atoms with E-state index in [9.17, 15) is 18.0 Å². The number of benzene rings is 2. The number of anilines is 1. The van der Waals surface area contributed by atoms with E-state index in [0.29, 0.717) is 22.4 Å². The van der Waals surface area contributed by atoms with Crippen LogP contribution in [0, 0.1) is 0 Å². The summed E-state index contributed by atoms with van der Waals surface area (Å²) in [5, 5.41) is 16.8. The van der Waals surface area contributed by atoms with Crippen LogP contribution in [0.3, 0.4) is 0 Å². The van der Waals surface area contributed by atoms with E-state index in [1.54, 1.807) is 30.3 Å². The first kappa shape index (κ1) is 26.8. The van der Waals surface area contributed by atoms with Crippen molar-refractivity contribution < 1.29 is 27.8 Å². The normalized spacial score (nSPS) is 13.1. The van der Waals surface area contributed by atoms with Gasteiger partial charge < -0.3 is 21.3 Å². The van der Waals surface area contributed by atoms with Gasteiger partial charge in [-0.25, -0.2) is 4.98 Å². The number of alkyl halides is 3. The molecule has 2 heterocycles. The van der Waals surface area contributed by atoms with Gasteiger partial charge in [0, 0.05) is 22.8 Å². The van der Waals surface area contributed by atoms with Gasteiger partial charge in [-0.15, -0.1) is 10.2 Å². The standard InChI is InChI=1S/C25H20ClF3N6O3/c26-20-10-9-18(34-35-20)14-5-7-16(8-6-14)22(25(27,28)29)38-21-12-19(32-24(31)33-21)15-3-1-13(2-4-15)11-17(30)23(36)37/h1-10,12,17,22H,11,30H2,(H,36,37)(H2,31,32,33)/t17-,22?/m0/s1. The molecule has 0 radical (unpaired) electrons. The highest BCUT2D eigenvalue weighted by atomic mass is 35.5. The molecule has 0 saturated heterocycles. The Bertz CT molecular complexity index is 1420. The number of halogens is 4. The van der Waals surface area contributed by atoms with Gasteiger partial charge in [0.2, 0.25) is 17.9 Å². The molecule has 2 aromatic heterocycles. The average molecular weight is 545 g/mol. The van der Waals surface area contributed by atoms with Crippen LogP contribution >= 0.6 is 11.6 Å². The Balaban J connectivity index is 1.58. The van der Waals surface area contributed by atoms with E-state index < -0.39 is 24.3 Å². The van der Waals surface area contributed by atoms with Crippen molar-refractivity contribution in [2.45, 2.75) is 24.7 Å². The van der Waals surface area contributed by atoms with Crippen LogP contribution in [-0.4, -0.2) is 43.5 Å². The molecule has 0 saturated carbocycles. The molecule has 2 aromatic carbocycles. The van der Waals surface area contributed by atoms with Gasteiger partial charge in [0.15, 0.2) is 5.15 Å². The van der Waals surface area contributed by atoms with Crippen LogP contribution in [0.4, 0.5) is 19.1 Å². The molecule has 0 aliphatic heterocycles. The van der Waals surface area contributed by atoms with Crippen molar-refractivity contribution in [2.24, 2.45) is 5.73 Å². The fourth-order valence-corrected chi connectivity index (χ4v) is 3.65. The van der Waals surface area contributed by atoms with E-state index >= 15 is 0 Å². The van der Waals surface area contributed by atoms with Crippen LogP contribution < -0.4 is 16.2 Å². The third-order valence-corrected chi connectivity index (χ3v) is 5.62. The molecule has 4 aromatic rings. The maximum Gasteiger partial charge on any atom is 0.429 e. The second-order valence-electron chi connectivity index (χ2n) is 8.20. The van der Waals surface area contributed by atoms with Gasteiger partial charge in [0.05, 0.1) is 11.4 Å². The van der Waals surface area contributed by atoms with Crippen LogP contribution in [0.15, 0.2) is 66.7 Å². The van der Waals surface area contributed by atoms with Crippen LogP contribution in [0.25, 0.3) is 22.5 Å². The molecule has 4 rings (SSSR count). The lowest BCUT2D eigenvalue weighted by molar-refractivity contribution is -0.198. The number of nitrogens with two attached hydrogens (primary N) is 2. The summed E-state index contributed by atoms with van der Waals surface area (Å²) in [4.78, 5) is 18.9. The Kier molecular flexibility index (Phi) is 7.74. The zero-order chi connectivity index (χ0) is 27.4. The minimum atomic E-state index is -4.77. The molecule has 9 nitrogen and oxygen atoms in total. The molecule has 0 bridgehead atoms. The van der Waals surface area contributed by atoms with Crippen molar-refractivity contribution in [3.63, 3.8) is 0 Å². The van der Waals surface area contributed by atoms with Crippen molar-refractivity contribution in [2.75, 3.05) is 5.73 Å². The molecule has 38 heavy (non-hydrogen) atoms. The average Bonchev–Trinajstić information content (AvgIpc) is 2.87. The Morgan fingerprint density at radius 2 is 1.58 bits per heavy atom. The summed E-state index contributed by atoms with van der Waals surface area (Å²) in [5.41, 5.74) is 13.5. The lowest BCUT2D eigenvalue weighted by Gasteiger charge is -2.22. The summed E-state index contributed by atoms with van der Waals surface area (Å²) in [6, 6.07) is 15.3. The second-order valence-corrected chi connectivity index (χ2v) is 8.59. The number of carbonyl (C=O) groups is 1. The van der Waals surface area contributed by atoms with Crippen LogP contribution in [0.2, 0.25) is 5.15 Å². The Labute approximate surface area is 219 Å². The van der Waals surface area contributed by atoms with E-state index in [-0.39, 0.29) is 34.7 Å². The van der Waals surface area contributed by atoms with Gasteiger partial charge >= 0.3 is 12.1 Å². The van der Waals surface area contributed by atoms with Crippen molar-refractivity contribution in [1.29, 1.82) is 0 Å². The SMILES string of the molecule is Nc1nc(OC(c2ccc(-c3ccc(Cl)nn3)cc2)C(F)(F)F)cc(-c2ccc(C[C@H](N)C(=O)O)cc2)n1. The Morgan fingerprint density at radius 3 is 2.16 bits per heavy atom. The van der Waals surface area contributed by atoms with Crippen molar-refractivity contribution in [3.05, 3.63) is 83.0 Å². The van der Waals surface area contributed by atoms with E-state index in [0.717, 1.165) is 0 Å². The zero-order valence-corrected chi connectivity index (χ0v) is 20.2. The molecule has 0 fully saturated rings. The highest BCUT2D eigenvalue weighted by Gasteiger charge is 2.43. The van der Waals surface area contributed by atoms with Crippen LogP contribution in [0.5, 0.6) is 5.88 Å². The molecule has 0 spiro atoms. The second kappa shape index (κ2) is 11.0. The molecular formula is C25H20ClF3N6O3. The highest BCUT2D eigenvalue weighted by Crippen LogP contribution is 2.37. The largest absolute Gasteiger partial charge is 0.480 e. The summed E-state index contributed by atoms with van der Waals surface area (Å²) in [7, 11) is 0. The molecule has 1 unspecified atom stereocenters. The van der Waals surface area contributed by atoms with Gasteiger partial charge in [-0.05, 0) is 24.1 Å². The molecule has 0 aliphatic rings. The fourth-order valence-electron chi connectivity index (χ4n) is 3.55.